The molecule has 9 nitrogen and oxygen atoms in total. The van der Waals surface area contributed by atoms with Crippen molar-refractivity contribution in [3.63, 3.8) is 0 Å². The van der Waals surface area contributed by atoms with Crippen LogP contribution in [0, 0.1) is 0 Å². The Labute approximate surface area is 193 Å². The third kappa shape index (κ3) is 5.00. The number of halogens is 3. The van der Waals surface area contributed by atoms with Crippen molar-refractivity contribution in [1.82, 2.24) is 24.7 Å². The molecule has 1 fully saturated rings. The lowest BCUT2D eigenvalue weighted by Crippen LogP contribution is -2.47. The monoisotopic (exact) mass is 478 g/mol. The van der Waals surface area contributed by atoms with Crippen molar-refractivity contribution in [3.05, 3.63) is 36.0 Å². The number of nitrogens with one attached hydrogen (secondary N) is 1. The van der Waals surface area contributed by atoms with Crippen molar-refractivity contribution in [2.24, 2.45) is 0 Å². The Morgan fingerprint density at radius 3 is 2.65 bits per heavy atom. The average Bonchev–Trinajstić information content (AvgIpc) is 3.23. The fourth-order valence-electron chi connectivity index (χ4n) is 3.80. The summed E-state index contributed by atoms with van der Waals surface area (Å²) in [6, 6.07) is 4.18. The first kappa shape index (κ1) is 23.6. The zero-order valence-electron chi connectivity index (χ0n) is 18.9. The van der Waals surface area contributed by atoms with Gasteiger partial charge in [-0.15, -0.1) is 10.2 Å². The summed E-state index contributed by atoms with van der Waals surface area (Å²) in [5.41, 5.74) is -0.813. The van der Waals surface area contributed by atoms with Crippen LogP contribution in [0.5, 0.6) is 5.75 Å². The number of aromatic hydroxyl groups is 1. The van der Waals surface area contributed by atoms with Crippen LogP contribution >= 0.6 is 0 Å². The predicted molar refractivity (Wildman–Crippen MR) is 117 cm³/mol. The molecule has 1 amide bonds. The topological polar surface area (TPSA) is 105 Å². The predicted octanol–water partition coefficient (Wildman–Crippen LogP) is 4.33. The van der Waals surface area contributed by atoms with Crippen molar-refractivity contribution in [2.45, 2.75) is 51.4 Å². The van der Waals surface area contributed by atoms with Crippen molar-refractivity contribution < 1.29 is 27.8 Å². The zero-order chi connectivity index (χ0) is 24.7. The van der Waals surface area contributed by atoms with Crippen molar-refractivity contribution >= 4 is 17.6 Å². The highest BCUT2D eigenvalue weighted by Gasteiger charge is 2.32. The second-order valence-corrected chi connectivity index (χ2v) is 9.14. The zero-order valence-corrected chi connectivity index (χ0v) is 18.9. The first-order valence-electron chi connectivity index (χ1n) is 10.8. The molecule has 34 heavy (non-hydrogen) atoms. The summed E-state index contributed by atoms with van der Waals surface area (Å²) in [7, 11) is 0. The summed E-state index contributed by atoms with van der Waals surface area (Å²) in [5, 5.41) is 26.0. The van der Waals surface area contributed by atoms with E-state index in [2.05, 4.69) is 20.6 Å². The Hall–Kier alpha value is -3.57. The van der Waals surface area contributed by atoms with Crippen molar-refractivity contribution in [3.8, 4) is 17.0 Å². The number of likely N-dealkylation sites (tertiary alicyclic amines) is 1. The second-order valence-electron chi connectivity index (χ2n) is 9.14. The number of phenolic OH excluding ortho intramolecular Hbond substituents is 1. The molecule has 0 unspecified atom stereocenters. The standard InChI is InChI=1S/C22H25F3N6O3/c1-21(2,3)34-20(33)30-10-4-5-14(12-30)27-19-29-28-18(16-8-9-26-31(16)19)15-7-6-13(11-17(15)32)22(23,24)25/h6-9,11,14,32H,4-5,10,12H2,1-3H3,(H,27,29)/t14-/m1/s1. The number of hydrogen-bond acceptors (Lipinski definition) is 7. The van der Waals surface area contributed by atoms with E-state index in [1.807, 2.05) is 20.8 Å². The number of amides is 1. The lowest BCUT2D eigenvalue weighted by Gasteiger charge is -2.34. The van der Waals surface area contributed by atoms with Crippen LogP contribution in [0.2, 0.25) is 0 Å². The van der Waals surface area contributed by atoms with Crippen LogP contribution < -0.4 is 5.32 Å². The number of carbonyl (C=O) groups is 1. The van der Waals surface area contributed by atoms with E-state index >= 15 is 0 Å². The Morgan fingerprint density at radius 1 is 1.21 bits per heavy atom. The molecule has 1 aliphatic rings. The molecular weight excluding hydrogens is 453 g/mol. The third-order valence-corrected chi connectivity index (χ3v) is 5.32. The Bertz CT molecular complexity index is 1200. The van der Waals surface area contributed by atoms with Gasteiger partial charge in [0.15, 0.2) is 0 Å². The number of nitrogens with zero attached hydrogens (tertiary/aromatic N) is 5. The van der Waals surface area contributed by atoms with Gasteiger partial charge >= 0.3 is 12.3 Å². The summed E-state index contributed by atoms with van der Waals surface area (Å²) in [4.78, 5) is 14.1. The minimum Gasteiger partial charge on any atom is -0.507 e. The van der Waals surface area contributed by atoms with Gasteiger partial charge in [0.1, 0.15) is 17.0 Å². The molecule has 0 aliphatic carbocycles. The number of hydrogen-bond donors (Lipinski definition) is 2. The number of anilines is 1. The van der Waals surface area contributed by atoms with Crippen molar-refractivity contribution in [1.29, 1.82) is 0 Å². The molecule has 3 heterocycles. The van der Waals surface area contributed by atoms with Gasteiger partial charge in [0.25, 0.3) is 0 Å². The molecule has 1 aromatic carbocycles. The highest BCUT2D eigenvalue weighted by atomic mass is 19.4. The summed E-state index contributed by atoms with van der Waals surface area (Å²) in [6.07, 6.45) is -1.91. The normalized spacial score (nSPS) is 17.1. The summed E-state index contributed by atoms with van der Waals surface area (Å²) >= 11 is 0. The van der Waals surface area contributed by atoms with E-state index in [0.29, 0.717) is 30.6 Å². The van der Waals surface area contributed by atoms with Crippen LogP contribution in [-0.4, -0.2) is 60.6 Å². The average molecular weight is 478 g/mol. The number of carbonyl (C=O) groups excluding carboxylic acids is 1. The van der Waals surface area contributed by atoms with Crippen LogP contribution in [0.25, 0.3) is 16.8 Å². The molecule has 0 spiro atoms. The molecule has 182 valence electrons. The molecule has 3 aromatic rings. The fraction of sp³-hybridized carbons (Fsp3) is 0.455. The summed E-state index contributed by atoms with van der Waals surface area (Å²) < 4.78 is 45.8. The smallest absolute Gasteiger partial charge is 0.416 e. The number of fused-ring (bicyclic) bond motifs is 1. The first-order chi connectivity index (χ1) is 15.9. The number of rotatable bonds is 3. The summed E-state index contributed by atoms with van der Waals surface area (Å²) in [6.45, 7) is 6.42. The molecule has 2 aromatic heterocycles. The van der Waals surface area contributed by atoms with Gasteiger partial charge in [-0.3, -0.25) is 0 Å². The molecule has 1 saturated heterocycles. The lowest BCUT2D eigenvalue weighted by molar-refractivity contribution is -0.137. The number of benzene rings is 1. The molecule has 1 atom stereocenters. The highest BCUT2D eigenvalue weighted by molar-refractivity contribution is 5.80. The number of phenols is 1. The highest BCUT2D eigenvalue weighted by Crippen LogP contribution is 2.37. The van der Waals surface area contributed by atoms with Crippen LogP contribution in [0.3, 0.4) is 0 Å². The third-order valence-electron chi connectivity index (χ3n) is 5.32. The van der Waals surface area contributed by atoms with Crippen LogP contribution in [-0.2, 0) is 10.9 Å². The molecule has 0 radical (unpaired) electrons. The molecule has 4 rings (SSSR count). The molecule has 1 aliphatic heterocycles. The maximum absolute atomic E-state index is 12.9. The minimum atomic E-state index is -4.57. The summed E-state index contributed by atoms with van der Waals surface area (Å²) in [5.74, 6) is -0.251. The Morgan fingerprint density at radius 2 is 1.97 bits per heavy atom. The van der Waals surface area contributed by atoms with E-state index in [0.717, 1.165) is 25.0 Å². The van der Waals surface area contributed by atoms with E-state index < -0.39 is 23.1 Å². The quantitative estimate of drug-likeness (QED) is 0.577. The minimum absolute atomic E-state index is 0.103. The van der Waals surface area contributed by atoms with Gasteiger partial charge in [0, 0.05) is 24.7 Å². The van der Waals surface area contributed by atoms with Crippen LogP contribution in [0.4, 0.5) is 23.9 Å². The molecule has 2 N–H and O–H groups in total. The SMILES string of the molecule is CC(C)(C)OC(=O)N1CCC[C@@H](Nc2nnc(-c3ccc(C(F)(F)F)cc3O)c3ccnn23)C1. The number of ether oxygens (including phenoxy) is 1. The number of alkyl halides is 3. The van der Waals surface area contributed by atoms with Gasteiger partial charge in [-0.25, -0.2) is 4.79 Å². The van der Waals surface area contributed by atoms with Gasteiger partial charge in [-0.05, 0) is 57.9 Å². The van der Waals surface area contributed by atoms with E-state index in [-0.39, 0.29) is 23.4 Å². The van der Waals surface area contributed by atoms with Crippen molar-refractivity contribution in [2.75, 3.05) is 18.4 Å². The van der Waals surface area contributed by atoms with E-state index in [4.69, 9.17) is 4.74 Å². The van der Waals surface area contributed by atoms with Gasteiger partial charge in [0.05, 0.1) is 17.3 Å². The second kappa shape index (κ2) is 8.65. The van der Waals surface area contributed by atoms with Crippen LogP contribution in [0.15, 0.2) is 30.5 Å². The molecule has 12 heteroatoms. The maximum atomic E-state index is 12.9. The maximum Gasteiger partial charge on any atom is 0.416 e. The van der Waals surface area contributed by atoms with E-state index in [9.17, 15) is 23.1 Å². The fourth-order valence-corrected chi connectivity index (χ4v) is 3.80. The number of aromatic nitrogens is 4. The number of piperidine rings is 1. The van der Waals surface area contributed by atoms with Crippen LogP contribution in [0.1, 0.15) is 39.2 Å². The largest absolute Gasteiger partial charge is 0.507 e. The molecule has 0 bridgehead atoms. The van der Waals surface area contributed by atoms with Gasteiger partial charge in [0.2, 0.25) is 5.95 Å². The Kier molecular flexibility index (Phi) is 6.00. The first-order valence-corrected chi connectivity index (χ1v) is 10.8. The molecular formula is C22H25F3N6O3. The molecule has 0 saturated carbocycles. The van der Waals surface area contributed by atoms with E-state index in [1.165, 1.54) is 10.7 Å². The van der Waals surface area contributed by atoms with Gasteiger partial charge in [-0.2, -0.15) is 22.8 Å². The van der Waals surface area contributed by atoms with E-state index in [1.54, 1.807) is 11.0 Å². The van der Waals surface area contributed by atoms with Gasteiger partial charge in [-0.1, -0.05) is 0 Å². The Balaban J connectivity index is 1.57. The van der Waals surface area contributed by atoms with Gasteiger partial charge < -0.3 is 20.1 Å². The lowest BCUT2D eigenvalue weighted by atomic mass is 10.1.